The lowest BCUT2D eigenvalue weighted by molar-refractivity contribution is 0.582. The number of hydrogen-bond acceptors (Lipinski definition) is 3. The van der Waals surface area contributed by atoms with E-state index in [4.69, 9.17) is 9.97 Å². The molecule has 11 rings (SSSR count). The number of aromatic nitrogens is 2. The van der Waals surface area contributed by atoms with Crippen molar-refractivity contribution in [3.05, 3.63) is 223 Å². The summed E-state index contributed by atoms with van der Waals surface area (Å²) in [5.41, 5.74) is 20.1. The van der Waals surface area contributed by atoms with Gasteiger partial charge in [-0.1, -0.05) is 178 Å². The Bertz CT molecular complexity index is 2960. The van der Waals surface area contributed by atoms with Gasteiger partial charge in [0.2, 0.25) is 0 Å². The smallest absolute Gasteiger partial charge is 0.141 e. The zero-order valence-corrected chi connectivity index (χ0v) is 34.9. The highest BCUT2D eigenvalue weighted by Crippen LogP contribution is 2.61. The van der Waals surface area contributed by atoms with Crippen LogP contribution in [-0.4, -0.2) is 9.97 Å². The number of pyridine rings is 2. The fourth-order valence-electron chi connectivity index (χ4n) is 9.87. The van der Waals surface area contributed by atoms with E-state index in [1.807, 2.05) is 0 Å². The second kappa shape index (κ2) is 14.1. The summed E-state index contributed by atoms with van der Waals surface area (Å²) < 4.78 is 0. The van der Waals surface area contributed by atoms with Gasteiger partial charge >= 0.3 is 0 Å². The van der Waals surface area contributed by atoms with Gasteiger partial charge in [0.25, 0.3) is 0 Å². The highest BCUT2D eigenvalue weighted by atomic mass is 15.2. The maximum absolute atomic E-state index is 5.69. The molecule has 9 aromatic rings. The molecule has 2 aliphatic rings. The SMILES string of the molecule is CC1(C)c2cc(-c3ccccc3-c3ccccc3)cnc2N2c3ccc(-c4ccccc4-c4ccccc4)nc3C(C)(C)c3cc(-c4ccccc4-c4ccccc4)cc1c32. The number of hydrogen-bond donors (Lipinski definition) is 0. The molecule has 292 valence electrons. The summed E-state index contributed by atoms with van der Waals surface area (Å²) in [6.07, 6.45) is 2.07. The van der Waals surface area contributed by atoms with E-state index in [0.717, 1.165) is 34.0 Å². The first-order valence-electron chi connectivity index (χ1n) is 21.2. The molecular weight excluding hydrogens is 739 g/mol. The van der Waals surface area contributed by atoms with Crippen LogP contribution >= 0.6 is 0 Å². The van der Waals surface area contributed by atoms with Crippen LogP contribution < -0.4 is 4.90 Å². The third-order valence-corrected chi connectivity index (χ3v) is 13.1. The van der Waals surface area contributed by atoms with Gasteiger partial charge in [0.05, 0.1) is 22.8 Å². The molecule has 3 heteroatoms. The van der Waals surface area contributed by atoms with E-state index in [-0.39, 0.29) is 0 Å². The molecule has 0 spiro atoms. The van der Waals surface area contributed by atoms with E-state index in [2.05, 4.69) is 233 Å². The number of nitrogens with zero attached hydrogens (tertiary/aromatic N) is 3. The lowest BCUT2D eigenvalue weighted by Crippen LogP contribution is -2.39. The molecule has 0 radical (unpaired) electrons. The van der Waals surface area contributed by atoms with Crippen molar-refractivity contribution in [1.29, 1.82) is 0 Å². The number of anilines is 3. The molecule has 0 amide bonds. The Morgan fingerprint density at radius 1 is 0.377 bits per heavy atom. The van der Waals surface area contributed by atoms with Crippen molar-refractivity contribution in [2.45, 2.75) is 38.5 Å². The van der Waals surface area contributed by atoms with Gasteiger partial charge in [0, 0.05) is 33.7 Å². The quantitative estimate of drug-likeness (QED) is 0.168. The zero-order chi connectivity index (χ0) is 41.3. The summed E-state index contributed by atoms with van der Waals surface area (Å²) in [6, 6.07) is 70.0. The number of fused-ring (bicyclic) bond motifs is 4. The summed E-state index contributed by atoms with van der Waals surface area (Å²) in [5.74, 6) is 0.952. The molecule has 0 atom stereocenters. The molecule has 0 saturated heterocycles. The molecule has 0 bridgehead atoms. The van der Waals surface area contributed by atoms with Crippen LogP contribution in [0.5, 0.6) is 0 Å². The topological polar surface area (TPSA) is 29.0 Å². The number of benzene rings is 7. The van der Waals surface area contributed by atoms with Crippen LogP contribution in [0.4, 0.5) is 17.2 Å². The summed E-state index contributed by atoms with van der Waals surface area (Å²) in [6.45, 7) is 9.46. The van der Waals surface area contributed by atoms with Crippen LogP contribution in [0.15, 0.2) is 200 Å². The summed E-state index contributed by atoms with van der Waals surface area (Å²) in [5, 5.41) is 0. The van der Waals surface area contributed by atoms with Crippen molar-refractivity contribution in [1.82, 2.24) is 9.97 Å². The Balaban J connectivity index is 1.17. The van der Waals surface area contributed by atoms with Crippen molar-refractivity contribution < 1.29 is 0 Å². The third kappa shape index (κ3) is 5.87. The minimum absolute atomic E-state index is 0.395. The molecule has 0 fully saturated rings. The van der Waals surface area contributed by atoms with Crippen LogP contribution in [0.2, 0.25) is 0 Å². The monoisotopic (exact) mass is 783 g/mol. The van der Waals surface area contributed by atoms with Gasteiger partial charge in [-0.2, -0.15) is 0 Å². The molecule has 0 saturated carbocycles. The predicted octanol–water partition coefficient (Wildman–Crippen LogP) is 15.2. The van der Waals surface area contributed by atoms with Crippen molar-refractivity contribution in [2.24, 2.45) is 0 Å². The van der Waals surface area contributed by atoms with Gasteiger partial charge in [0.1, 0.15) is 5.82 Å². The standard InChI is InChI=1S/C58H45N3/c1-57(2)49-34-41(46-29-16-14-26-43(46)38-20-8-5-9-21-38)35-50-54(49)61(56-51(57)36-42(37-59-56)47-30-17-15-27-44(47)39-22-10-6-11-23-39)53-33-32-52(60-55(53)58(50,3)4)48-31-19-18-28-45(48)40-24-12-7-13-25-40/h5-37H,1-4H3. The van der Waals surface area contributed by atoms with Crippen molar-refractivity contribution in [2.75, 3.05) is 4.90 Å². The molecule has 0 unspecified atom stereocenters. The maximum atomic E-state index is 5.69. The van der Waals surface area contributed by atoms with E-state index < -0.39 is 10.8 Å². The van der Waals surface area contributed by atoms with Crippen molar-refractivity contribution in [3.8, 4) is 66.9 Å². The molecule has 0 N–H and O–H groups in total. The Kier molecular flexibility index (Phi) is 8.51. The molecule has 0 aliphatic carbocycles. The van der Waals surface area contributed by atoms with Crippen LogP contribution in [0.25, 0.3) is 66.9 Å². The van der Waals surface area contributed by atoms with E-state index in [9.17, 15) is 0 Å². The first-order valence-corrected chi connectivity index (χ1v) is 21.2. The second-order valence-corrected chi connectivity index (χ2v) is 17.4. The van der Waals surface area contributed by atoms with Crippen LogP contribution in [0.1, 0.15) is 50.1 Å². The highest BCUT2D eigenvalue weighted by Gasteiger charge is 2.47. The predicted molar refractivity (Wildman–Crippen MR) is 254 cm³/mol. The lowest BCUT2D eigenvalue weighted by atomic mass is 9.67. The first kappa shape index (κ1) is 36.7. The van der Waals surface area contributed by atoms with Crippen molar-refractivity contribution >= 4 is 17.2 Å². The van der Waals surface area contributed by atoms with E-state index >= 15 is 0 Å². The molecule has 2 aliphatic heterocycles. The molecule has 7 aromatic carbocycles. The van der Waals surface area contributed by atoms with Gasteiger partial charge in [-0.15, -0.1) is 0 Å². The largest absolute Gasteiger partial charge is 0.292 e. The highest BCUT2D eigenvalue weighted by molar-refractivity contribution is 5.96. The molecular formula is C58H45N3. The molecule has 2 aromatic heterocycles. The lowest BCUT2D eigenvalue weighted by Gasteiger charge is -2.48. The Hall–Kier alpha value is -7.36. The van der Waals surface area contributed by atoms with Crippen LogP contribution in [-0.2, 0) is 10.8 Å². The summed E-state index contributed by atoms with van der Waals surface area (Å²) >= 11 is 0. The first-order chi connectivity index (χ1) is 29.8. The van der Waals surface area contributed by atoms with E-state index in [0.29, 0.717) is 0 Å². The van der Waals surface area contributed by atoms with Gasteiger partial charge in [-0.25, -0.2) is 9.97 Å². The number of rotatable bonds is 6. The Labute approximate surface area is 358 Å². The average Bonchev–Trinajstić information content (AvgIpc) is 3.32. The fraction of sp³-hybridized carbons (Fsp3) is 0.103. The summed E-state index contributed by atoms with van der Waals surface area (Å²) in [7, 11) is 0. The van der Waals surface area contributed by atoms with Gasteiger partial charge in [0.15, 0.2) is 0 Å². The van der Waals surface area contributed by atoms with Crippen LogP contribution in [0, 0.1) is 0 Å². The minimum Gasteiger partial charge on any atom is -0.292 e. The Morgan fingerprint density at radius 3 is 1.31 bits per heavy atom. The fourth-order valence-corrected chi connectivity index (χ4v) is 9.87. The van der Waals surface area contributed by atoms with E-state index in [1.54, 1.807) is 0 Å². The summed E-state index contributed by atoms with van der Waals surface area (Å²) in [4.78, 5) is 13.6. The second-order valence-electron chi connectivity index (χ2n) is 17.4. The third-order valence-electron chi connectivity index (χ3n) is 13.1. The van der Waals surface area contributed by atoms with Gasteiger partial charge in [-0.05, 0) is 105 Å². The van der Waals surface area contributed by atoms with Gasteiger partial charge < -0.3 is 0 Å². The maximum Gasteiger partial charge on any atom is 0.141 e. The molecule has 3 nitrogen and oxygen atoms in total. The van der Waals surface area contributed by atoms with Crippen molar-refractivity contribution in [3.63, 3.8) is 0 Å². The normalized spacial score (nSPS) is 14.1. The Morgan fingerprint density at radius 2 is 0.787 bits per heavy atom. The van der Waals surface area contributed by atoms with Crippen LogP contribution in [0.3, 0.4) is 0 Å². The molecule has 61 heavy (non-hydrogen) atoms. The van der Waals surface area contributed by atoms with Gasteiger partial charge in [-0.3, -0.25) is 4.90 Å². The average molecular weight is 784 g/mol. The zero-order valence-electron chi connectivity index (χ0n) is 34.9. The molecule has 4 heterocycles. The van der Waals surface area contributed by atoms with E-state index in [1.165, 1.54) is 72.4 Å². The minimum atomic E-state index is -0.451.